The first kappa shape index (κ1) is 26.2. The second-order valence-corrected chi connectivity index (χ2v) is 11.5. The minimum atomic E-state index is -0.689. The zero-order valence-corrected chi connectivity index (χ0v) is 23.1. The molecule has 37 heavy (non-hydrogen) atoms. The molecule has 10 heteroatoms. The van der Waals surface area contributed by atoms with E-state index in [4.69, 9.17) is 38.3 Å². The van der Waals surface area contributed by atoms with Crippen LogP contribution in [0.1, 0.15) is 56.8 Å². The van der Waals surface area contributed by atoms with Gasteiger partial charge in [-0.25, -0.2) is 14.6 Å². The Morgan fingerprint density at radius 1 is 1.22 bits per heavy atom. The highest BCUT2D eigenvalue weighted by atomic mass is 35.5. The van der Waals surface area contributed by atoms with Crippen molar-refractivity contribution in [3.63, 3.8) is 0 Å². The van der Waals surface area contributed by atoms with Gasteiger partial charge in [-0.15, -0.1) is 0 Å². The zero-order valence-electron chi connectivity index (χ0n) is 21.6. The van der Waals surface area contributed by atoms with Crippen molar-refractivity contribution in [2.45, 2.75) is 58.5 Å². The number of benzene rings is 1. The molecular formula is C27H34Cl2N6O2. The lowest BCUT2D eigenvalue weighted by Crippen LogP contribution is -2.53. The Kier molecular flexibility index (Phi) is 7.61. The lowest BCUT2D eigenvalue weighted by Gasteiger charge is -2.45. The average molecular weight is 546 g/mol. The number of aromatic nitrogens is 4. The lowest BCUT2D eigenvalue weighted by atomic mass is 9.87. The highest BCUT2D eigenvalue weighted by Crippen LogP contribution is 2.33. The largest absolute Gasteiger partial charge is 0.481 e. The molecule has 2 aliphatic heterocycles. The number of hydrogen-bond donors (Lipinski definition) is 1. The van der Waals surface area contributed by atoms with Crippen LogP contribution < -0.4 is 4.90 Å². The van der Waals surface area contributed by atoms with Gasteiger partial charge in [0.15, 0.2) is 5.65 Å². The summed E-state index contributed by atoms with van der Waals surface area (Å²) < 4.78 is 1.91. The minimum Gasteiger partial charge on any atom is -0.481 e. The number of hydrogen-bond acceptors (Lipinski definition) is 6. The molecule has 5 rings (SSSR count). The zero-order chi connectivity index (χ0) is 26.3. The second-order valence-electron chi connectivity index (χ2n) is 10.7. The van der Waals surface area contributed by atoms with E-state index in [0.29, 0.717) is 22.0 Å². The minimum absolute atomic E-state index is 0.131. The molecule has 0 bridgehead atoms. The van der Waals surface area contributed by atoms with Crippen LogP contribution in [0.4, 0.5) is 5.82 Å². The highest BCUT2D eigenvalue weighted by Gasteiger charge is 2.34. The third-order valence-electron chi connectivity index (χ3n) is 8.00. The van der Waals surface area contributed by atoms with E-state index in [9.17, 15) is 9.90 Å². The number of aliphatic carboxylic acids is 1. The topological polar surface area (TPSA) is 87.4 Å². The molecule has 4 atom stereocenters. The summed E-state index contributed by atoms with van der Waals surface area (Å²) in [5.41, 5.74) is 3.30. The van der Waals surface area contributed by atoms with Gasteiger partial charge < -0.3 is 10.0 Å². The Morgan fingerprint density at radius 3 is 2.76 bits per heavy atom. The molecule has 198 valence electrons. The summed E-state index contributed by atoms with van der Waals surface area (Å²) in [6, 6.07) is 5.86. The number of carbonyl (C=O) groups is 1. The molecule has 2 aromatic heterocycles. The number of anilines is 1. The summed E-state index contributed by atoms with van der Waals surface area (Å²) in [5.74, 6) is 0.860. The predicted molar refractivity (Wildman–Crippen MR) is 147 cm³/mol. The first-order valence-corrected chi connectivity index (χ1v) is 13.8. The summed E-state index contributed by atoms with van der Waals surface area (Å²) >= 11 is 12.6. The molecule has 8 nitrogen and oxygen atoms in total. The normalized spacial score (nSPS) is 23.9. The van der Waals surface area contributed by atoms with Crippen molar-refractivity contribution in [3.8, 4) is 0 Å². The summed E-state index contributed by atoms with van der Waals surface area (Å²) in [4.78, 5) is 25.9. The number of likely N-dealkylation sites (tertiary alicyclic amines) is 1. The van der Waals surface area contributed by atoms with Crippen molar-refractivity contribution in [1.29, 1.82) is 0 Å². The molecule has 1 N–H and O–H groups in total. The van der Waals surface area contributed by atoms with Gasteiger partial charge in [0, 0.05) is 42.1 Å². The Hall–Kier alpha value is -2.42. The molecule has 4 heterocycles. The average Bonchev–Trinajstić information content (AvgIpc) is 3.19. The number of piperidine rings is 2. The summed E-state index contributed by atoms with van der Waals surface area (Å²) in [5, 5.41) is 15.2. The number of halogens is 2. The number of nitrogens with zero attached hydrogens (tertiary/aromatic N) is 6. The smallest absolute Gasteiger partial charge is 0.303 e. The summed E-state index contributed by atoms with van der Waals surface area (Å²) in [7, 11) is 0. The number of fused-ring (bicyclic) bond motifs is 1. The first-order valence-electron chi connectivity index (χ1n) is 13.1. The third-order valence-corrected chi connectivity index (χ3v) is 8.57. The van der Waals surface area contributed by atoms with E-state index in [1.807, 2.05) is 29.9 Å². The Morgan fingerprint density at radius 2 is 2.03 bits per heavy atom. The monoisotopic (exact) mass is 544 g/mol. The fourth-order valence-corrected chi connectivity index (χ4v) is 6.70. The first-order chi connectivity index (χ1) is 17.7. The maximum atomic E-state index is 11.2. The third kappa shape index (κ3) is 5.42. The standard InChI is InChI=1S/C27H34Cl2N6O2/c1-16-14-34(10-8-23(16)33-9-4-5-19(15-33)11-25(36)37)24-13-30-26-17(2)32-35(27(26)31-24)18(3)21-7-6-20(28)12-22(21)29/h6-7,12-13,16,18-19,23H,4-5,8-11,14-15H2,1-3H3,(H,36,37)/t16-,18-,19?,23+/m1/s1. The fourth-order valence-electron chi connectivity index (χ4n) is 6.13. The molecule has 2 fully saturated rings. The van der Waals surface area contributed by atoms with Crippen LogP contribution in [0.2, 0.25) is 10.0 Å². The van der Waals surface area contributed by atoms with Crippen LogP contribution in [-0.4, -0.2) is 67.9 Å². The molecule has 3 aromatic rings. The van der Waals surface area contributed by atoms with Gasteiger partial charge in [0.05, 0.1) is 17.9 Å². The highest BCUT2D eigenvalue weighted by molar-refractivity contribution is 6.35. The van der Waals surface area contributed by atoms with E-state index in [1.165, 1.54) is 0 Å². The molecule has 2 saturated heterocycles. The molecule has 0 spiro atoms. The van der Waals surface area contributed by atoms with Crippen molar-refractivity contribution in [3.05, 3.63) is 45.7 Å². The van der Waals surface area contributed by atoms with E-state index in [2.05, 4.69) is 23.6 Å². The van der Waals surface area contributed by atoms with E-state index in [-0.39, 0.29) is 18.4 Å². The van der Waals surface area contributed by atoms with Gasteiger partial charge in [0.2, 0.25) is 0 Å². The van der Waals surface area contributed by atoms with Gasteiger partial charge in [-0.2, -0.15) is 5.10 Å². The van der Waals surface area contributed by atoms with E-state index >= 15 is 0 Å². The Balaban J connectivity index is 1.35. The van der Waals surface area contributed by atoms with Crippen molar-refractivity contribution < 1.29 is 9.90 Å². The van der Waals surface area contributed by atoms with Gasteiger partial charge in [-0.05, 0) is 69.2 Å². The van der Waals surface area contributed by atoms with Crippen LogP contribution in [-0.2, 0) is 4.79 Å². The number of rotatable bonds is 6. The molecule has 0 amide bonds. The number of carboxylic acid groups (broad SMARTS) is 1. The SMILES string of the molecule is Cc1nn([C@H](C)c2ccc(Cl)cc2Cl)c2nc(N3CC[C@H](N4CCCC(CC(=O)O)C4)[C@H](C)C3)cnc12. The van der Waals surface area contributed by atoms with E-state index in [1.54, 1.807) is 6.07 Å². The van der Waals surface area contributed by atoms with Crippen LogP contribution >= 0.6 is 23.2 Å². The van der Waals surface area contributed by atoms with Gasteiger partial charge in [0.25, 0.3) is 0 Å². The maximum Gasteiger partial charge on any atom is 0.303 e. The molecule has 0 saturated carbocycles. The van der Waals surface area contributed by atoms with Crippen LogP contribution in [0.3, 0.4) is 0 Å². The van der Waals surface area contributed by atoms with Crippen molar-refractivity contribution >= 4 is 46.2 Å². The lowest BCUT2D eigenvalue weighted by molar-refractivity contribution is -0.138. The van der Waals surface area contributed by atoms with Gasteiger partial charge in [-0.1, -0.05) is 36.2 Å². The molecule has 0 aliphatic carbocycles. The molecule has 0 radical (unpaired) electrons. The van der Waals surface area contributed by atoms with Gasteiger partial charge in [0.1, 0.15) is 11.3 Å². The van der Waals surface area contributed by atoms with Gasteiger partial charge in [-0.3, -0.25) is 9.69 Å². The molecule has 2 aliphatic rings. The summed E-state index contributed by atoms with van der Waals surface area (Å²) in [6.45, 7) is 10.0. The quantitative estimate of drug-likeness (QED) is 0.441. The maximum absolute atomic E-state index is 11.2. The molecular weight excluding hydrogens is 511 g/mol. The van der Waals surface area contributed by atoms with E-state index < -0.39 is 5.97 Å². The Labute approximate surface area is 227 Å². The van der Waals surface area contributed by atoms with Crippen LogP contribution in [0, 0.1) is 18.8 Å². The van der Waals surface area contributed by atoms with Crippen LogP contribution in [0.15, 0.2) is 24.4 Å². The number of carboxylic acids is 1. The van der Waals surface area contributed by atoms with Crippen molar-refractivity contribution in [2.75, 3.05) is 31.1 Å². The molecule has 1 unspecified atom stereocenters. The van der Waals surface area contributed by atoms with Crippen LogP contribution in [0.25, 0.3) is 11.2 Å². The number of aryl methyl sites for hydroxylation is 1. The fraction of sp³-hybridized carbons (Fsp3) is 0.556. The summed E-state index contributed by atoms with van der Waals surface area (Å²) in [6.07, 6.45) is 5.24. The predicted octanol–water partition coefficient (Wildman–Crippen LogP) is 5.45. The van der Waals surface area contributed by atoms with Crippen molar-refractivity contribution in [1.82, 2.24) is 24.6 Å². The molecule has 1 aromatic carbocycles. The van der Waals surface area contributed by atoms with Gasteiger partial charge >= 0.3 is 5.97 Å². The van der Waals surface area contributed by atoms with Crippen LogP contribution in [0.5, 0.6) is 0 Å². The Bertz CT molecular complexity index is 1300. The second kappa shape index (κ2) is 10.8. The van der Waals surface area contributed by atoms with Crippen molar-refractivity contribution in [2.24, 2.45) is 11.8 Å². The van der Waals surface area contributed by atoms with E-state index in [0.717, 1.165) is 73.7 Å².